The molecule has 0 N–H and O–H groups in total. The first-order chi connectivity index (χ1) is 6.29. The molecule has 0 spiro atoms. The quantitative estimate of drug-likeness (QED) is 0.763. The molecule has 0 unspecified atom stereocenters. The molecule has 1 aromatic heterocycles. The summed E-state index contributed by atoms with van der Waals surface area (Å²) >= 11 is 7.06. The minimum Gasteiger partial charge on any atom is -0.353 e. The summed E-state index contributed by atoms with van der Waals surface area (Å²) in [5.74, 6) is 0.836. The van der Waals surface area contributed by atoms with E-state index < -0.39 is 0 Å². The number of unbranched alkanes of at least 4 members (excludes halogenated alkanes) is 1. The van der Waals surface area contributed by atoms with Gasteiger partial charge in [0, 0.05) is 13.1 Å². The summed E-state index contributed by atoms with van der Waals surface area (Å²) < 4.78 is 8.11. The van der Waals surface area contributed by atoms with Crippen molar-refractivity contribution >= 4 is 29.1 Å². The van der Waals surface area contributed by atoms with Crippen molar-refractivity contribution < 1.29 is 0 Å². The Hall–Kier alpha value is -0.350. The van der Waals surface area contributed by atoms with Crippen molar-refractivity contribution in [2.45, 2.75) is 26.7 Å². The van der Waals surface area contributed by atoms with Gasteiger partial charge in [-0.25, -0.2) is 0 Å². The molecular formula is C8H14ClN3S. The molecule has 3 nitrogen and oxygen atoms in total. The van der Waals surface area contributed by atoms with Gasteiger partial charge in [-0.3, -0.25) is 0 Å². The fourth-order valence-electron chi connectivity index (χ4n) is 1.12. The van der Waals surface area contributed by atoms with Crippen LogP contribution < -0.4 is 4.90 Å². The van der Waals surface area contributed by atoms with Crippen LogP contribution in [0.15, 0.2) is 0 Å². The monoisotopic (exact) mass is 219 g/mol. The molecule has 13 heavy (non-hydrogen) atoms. The van der Waals surface area contributed by atoms with E-state index in [9.17, 15) is 0 Å². The average Bonchev–Trinajstić information content (AvgIpc) is 2.54. The van der Waals surface area contributed by atoms with Crippen LogP contribution in [0.2, 0.25) is 5.15 Å². The van der Waals surface area contributed by atoms with Crippen LogP contribution in [0.25, 0.3) is 0 Å². The highest BCUT2D eigenvalue weighted by atomic mass is 35.5. The first-order valence-corrected chi connectivity index (χ1v) is 5.63. The fourth-order valence-corrected chi connectivity index (χ4v) is 1.90. The highest BCUT2D eigenvalue weighted by Gasteiger charge is 2.11. The highest BCUT2D eigenvalue weighted by molar-refractivity contribution is 6.99. The Kier molecular flexibility index (Phi) is 4.45. The van der Waals surface area contributed by atoms with Gasteiger partial charge in [0.1, 0.15) is 0 Å². The zero-order valence-electron chi connectivity index (χ0n) is 7.96. The predicted molar refractivity (Wildman–Crippen MR) is 57.7 cm³/mol. The maximum absolute atomic E-state index is 5.89. The molecule has 0 aliphatic carbocycles. The molecule has 0 aliphatic heterocycles. The third-order valence-electron chi connectivity index (χ3n) is 1.90. The Bertz CT molecular complexity index is 251. The third-order valence-corrected chi connectivity index (χ3v) is 2.77. The van der Waals surface area contributed by atoms with E-state index in [-0.39, 0.29) is 0 Å². The van der Waals surface area contributed by atoms with Gasteiger partial charge in [0.05, 0.1) is 11.7 Å². The first kappa shape index (κ1) is 10.7. The van der Waals surface area contributed by atoms with Crippen molar-refractivity contribution in [2.24, 2.45) is 0 Å². The van der Waals surface area contributed by atoms with Gasteiger partial charge in [-0.1, -0.05) is 24.9 Å². The lowest BCUT2D eigenvalue weighted by molar-refractivity contribution is 0.727. The van der Waals surface area contributed by atoms with E-state index >= 15 is 0 Å². The van der Waals surface area contributed by atoms with Gasteiger partial charge in [0.25, 0.3) is 0 Å². The van der Waals surface area contributed by atoms with Crippen molar-refractivity contribution in [3.8, 4) is 0 Å². The Labute approximate surface area is 88.0 Å². The van der Waals surface area contributed by atoms with Crippen LogP contribution in [-0.4, -0.2) is 21.8 Å². The number of rotatable bonds is 5. The highest BCUT2D eigenvalue weighted by Crippen LogP contribution is 2.22. The van der Waals surface area contributed by atoms with Gasteiger partial charge in [-0.05, 0) is 13.3 Å². The number of aromatic nitrogens is 2. The van der Waals surface area contributed by atoms with E-state index in [2.05, 4.69) is 27.5 Å². The lowest BCUT2D eigenvalue weighted by atomic mass is 10.3. The summed E-state index contributed by atoms with van der Waals surface area (Å²) in [6.07, 6.45) is 2.35. The molecule has 0 amide bonds. The predicted octanol–water partition coefficient (Wildman–Crippen LogP) is 2.82. The summed E-state index contributed by atoms with van der Waals surface area (Å²) in [5.41, 5.74) is 0. The number of hydrogen-bond donors (Lipinski definition) is 0. The minimum atomic E-state index is 0.531. The van der Waals surface area contributed by atoms with E-state index in [1.54, 1.807) is 0 Å². The van der Waals surface area contributed by atoms with Crippen LogP contribution in [0.1, 0.15) is 26.7 Å². The normalized spacial score (nSPS) is 10.4. The Morgan fingerprint density at radius 1 is 1.38 bits per heavy atom. The molecule has 0 aliphatic rings. The van der Waals surface area contributed by atoms with Crippen LogP contribution in [0, 0.1) is 0 Å². The minimum absolute atomic E-state index is 0.531. The van der Waals surface area contributed by atoms with E-state index in [0.29, 0.717) is 5.15 Å². The zero-order valence-corrected chi connectivity index (χ0v) is 9.53. The molecule has 0 bridgehead atoms. The van der Waals surface area contributed by atoms with Crippen molar-refractivity contribution in [3.05, 3.63) is 5.15 Å². The summed E-state index contributed by atoms with van der Waals surface area (Å²) in [6, 6.07) is 0. The number of anilines is 1. The average molecular weight is 220 g/mol. The Morgan fingerprint density at radius 2 is 2.15 bits per heavy atom. The van der Waals surface area contributed by atoms with Crippen molar-refractivity contribution in [3.63, 3.8) is 0 Å². The van der Waals surface area contributed by atoms with Gasteiger partial charge >= 0.3 is 0 Å². The molecule has 0 fully saturated rings. The van der Waals surface area contributed by atoms with Crippen molar-refractivity contribution in [2.75, 3.05) is 18.0 Å². The number of nitrogens with zero attached hydrogens (tertiary/aromatic N) is 3. The molecule has 1 heterocycles. The molecule has 1 aromatic rings. The van der Waals surface area contributed by atoms with Crippen LogP contribution in [0.3, 0.4) is 0 Å². The van der Waals surface area contributed by atoms with Gasteiger partial charge in [-0.2, -0.15) is 8.75 Å². The van der Waals surface area contributed by atoms with Gasteiger partial charge < -0.3 is 4.90 Å². The maximum Gasteiger partial charge on any atom is 0.187 e. The van der Waals surface area contributed by atoms with Gasteiger partial charge in [0.2, 0.25) is 0 Å². The summed E-state index contributed by atoms with van der Waals surface area (Å²) in [7, 11) is 0. The topological polar surface area (TPSA) is 29.0 Å². The largest absolute Gasteiger partial charge is 0.353 e. The molecule has 1 rings (SSSR count). The van der Waals surface area contributed by atoms with Crippen LogP contribution in [0.5, 0.6) is 0 Å². The summed E-state index contributed by atoms with van der Waals surface area (Å²) in [5, 5.41) is 0.531. The number of halogens is 1. The Balaban J connectivity index is 2.61. The molecule has 0 aromatic carbocycles. The van der Waals surface area contributed by atoms with Gasteiger partial charge in [-0.15, -0.1) is 0 Å². The van der Waals surface area contributed by atoms with Gasteiger partial charge in [0.15, 0.2) is 11.0 Å². The van der Waals surface area contributed by atoms with Crippen molar-refractivity contribution in [1.82, 2.24) is 8.75 Å². The fraction of sp³-hybridized carbons (Fsp3) is 0.750. The molecule has 0 atom stereocenters. The standard InChI is InChI=1S/C8H14ClN3S/c1-3-5-6-12(4-2)8-7(9)10-13-11-8/h3-6H2,1-2H3. The zero-order chi connectivity index (χ0) is 9.68. The Morgan fingerprint density at radius 3 is 2.62 bits per heavy atom. The molecule has 0 saturated carbocycles. The first-order valence-electron chi connectivity index (χ1n) is 4.52. The van der Waals surface area contributed by atoms with E-state index in [1.807, 2.05) is 0 Å². The van der Waals surface area contributed by atoms with Crippen LogP contribution in [0.4, 0.5) is 5.82 Å². The number of hydrogen-bond acceptors (Lipinski definition) is 4. The maximum atomic E-state index is 5.89. The smallest absolute Gasteiger partial charge is 0.187 e. The molecular weight excluding hydrogens is 206 g/mol. The van der Waals surface area contributed by atoms with E-state index in [0.717, 1.165) is 18.9 Å². The van der Waals surface area contributed by atoms with Crippen LogP contribution >= 0.6 is 23.3 Å². The lowest BCUT2D eigenvalue weighted by Crippen LogP contribution is -2.24. The summed E-state index contributed by atoms with van der Waals surface area (Å²) in [4.78, 5) is 2.16. The van der Waals surface area contributed by atoms with E-state index in [1.165, 1.54) is 24.6 Å². The second-order valence-corrected chi connectivity index (χ2v) is 3.70. The van der Waals surface area contributed by atoms with E-state index in [4.69, 9.17) is 11.6 Å². The summed E-state index contributed by atoms with van der Waals surface area (Å²) in [6.45, 7) is 6.23. The third kappa shape index (κ3) is 2.81. The second-order valence-electron chi connectivity index (χ2n) is 2.81. The molecule has 74 valence electrons. The van der Waals surface area contributed by atoms with Crippen molar-refractivity contribution in [1.29, 1.82) is 0 Å². The van der Waals surface area contributed by atoms with Crippen LogP contribution in [-0.2, 0) is 0 Å². The lowest BCUT2D eigenvalue weighted by Gasteiger charge is -2.19. The molecule has 5 heteroatoms. The SMILES string of the molecule is CCCCN(CC)c1nsnc1Cl. The molecule has 0 saturated heterocycles. The second kappa shape index (κ2) is 5.40. The molecule has 0 radical (unpaired) electrons.